The number of likely N-dealkylation sites (N-methyl/N-ethyl adjacent to an activating group) is 1. The Morgan fingerprint density at radius 3 is 2.67 bits per heavy atom. The number of carbonyl (C=O) groups excluding carboxylic acids is 1. The van der Waals surface area contributed by atoms with Crippen LogP contribution < -0.4 is 5.73 Å². The van der Waals surface area contributed by atoms with E-state index in [0.29, 0.717) is 12.1 Å². The van der Waals surface area contributed by atoms with Crippen molar-refractivity contribution in [3.05, 3.63) is 18.0 Å². The van der Waals surface area contributed by atoms with Crippen LogP contribution in [0.1, 0.15) is 32.4 Å². The molecule has 1 heterocycles. The summed E-state index contributed by atoms with van der Waals surface area (Å²) in [7, 11) is 1.77. The third kappa shape index (κ3) is 3.82. The molecule has 1 atom stereocenters. The van der Waals surface area contributed by atoms with Gasteiger partial charge in [0.2, 0.25) is 5.91 Å². The molecule has 0 fully saturated rings. The van der Waals surface area contributed by atoms with E-state index in [1.54, 1.807) is 42.9 Å². The summed E-state index contributed by atoms with van der Waals surface area (Å²) in [6.07, 6.45) is 3.31. The largest absolute Gasteiger partial charge is 0.389 e. The van der Waals surface area contributed by atoms with E-state index in [1.165, 1.54) is 0 Å². The molecule has 0 saturated carbocycles. The van der Waals surface area contributed by atoms with Crippen LogP contribution in [-0.4, -0.2) is 44.4 Å². The molecule has 1 unspecified atom stereocenters. The SMILES string of the molecule is CCN(CC(C)(C)O)C(=O)C(N)c1cnn(C)c1. The van der Waals surface area contributed by atoms with Crippen LogP contribution in [0.15, 0.2) is 12.4 Å². The van der Waals surface area contributed by atoms with Crippen LogP contribution in [0, 0.1) is 0 Å². The molecule has 102 valence electrons. The number of aryl methyl sites for hydroxylation is 1. The third-order valence-electron chi connectivity index (χ3n) is 2.62. The molecule has 3 N–H and O–H groups in total. The van der Waals surface area contributed by atoms with Gasteiger partial charge < -0.3 is 15.7 Å². The van der Waals surface area contributed by atoms with Crippen molar-refractivity contribution >= 4 is 5.91 Å². The van der Waals surface area contributed by atoms with E-state index in [1.807, 2.05) is 6.92 Å². The molecule has 0 bridgehead atoms. The number of hydrogen-bond acceptors (Lipinski definition) is 4. The molecule has 0 spiro atoms. The highest BCUT2D eigenvalue weighted by atomic mass is 16.3. The van der Waals surface area contributed by atoms with Gasteiger partial charge in [-0.15, -0.1) is 0 Å². The van der Waals surface area contributed by atoms with E-state index in [4.69, 9.17) is 5.73 Å². The molecular weight excluding hydrogens is 232 g/mol. The van der Waals surface area contributed by atoms with Crippen LogP contribution in [-0.2, 0) is 11.8 Å². The molecule has 0 aliphatic heterocycles. The Balaban J connectivity index is 2.78. The van der Waals surface area contributed by atoms with E-state index < -0.39 is 11.6 Å². The minimum absolute atomic E-state index is 0.201. The number of rotatable bonds is 5. The Morgan fingerprint density at radius 2 is 2.28 bits per heavy atom. The molecule has 0 radical (unpaired) electrons. The van der Waals surface area contributed by atoms with Crippen LogP contribution in [0.4, 0.5) is 0 Å². The molecule has 0 saturated heterocycles. The van der Waals surface area contributed by atoms with Crippen LogP contribution in [0.25, 0.3) is 0 Å². The van der Waals surface area contributed by atoms with Crippen molar-refractivity contribution < 1.29 is 9.90 Å². The van der Waals surface area contributed by atoms with Crippen LogP contribution in [0.2, 0.25) is 0 Å². The van der Waals surface area contributed by atoms with Crippen molar-refractivity contribution in [2.24, 2.45) is 12.8 Å². The number of hydrogen-bond donors (Lipinski definition) is 2. The van der Waals surface area contributed by atoms with Gasteiger partial charge in [0, 0.05) is 31.9 Å². The maximum absolute atomic E-state index is 12.2. The van der Waals surface area contributed by atoms with Gasteiger partial charge in [-0.1, -0.05) is 0 Å². The Morgan fingerprint density at radius 1 is 1.67 bits per heavy atom. The van der Waals surface area contributed by atoms with E-state index >= 15 is 0 Å². The monoisotopic (exact) mass is 254 g/mol. The van der Waals surface area contributed by atoms with Gasteiger partial charge in [0.15, 0.2) is 0 Å². The Hall–Kier alpha value is -1.40. The fourth-order valence-corrected chi connectivity index (χ4v) is 1.75. The van der Waals surface area contributed by atoms with Crippen molar-refractivity contribution in [2.45, 2.75) is 32.4 Å². The normalized spacial score (nSPS) is 13.4. The lowest BCUT2D eigenvalue weighted by Crippen LogP contribution is -2.45. The predicted molar refractivity (Wildman–Crippen MR) is 68.7 cm³/mol. The second-order valence-electron chi connectivity index (χ2n) is 5.09. The smallest absolute Gasteiger partial charge is 0.244 e. The van der Waals surface area contributed by atoms with E-state index in [9.17, 15) is 9.90 Å². The summed E-state index contributed by atoms with van der Waals surface area (Å²) in [4.78, 5) is 13.8. The van der Waals surface area contributed by atoms with Gasteiger partial charge in [0.05, 0.1) is 11.8 Å². The van der Waals surface area contributed by atoms with Crippen LogP contribution in [0.5, 0.6) is 0 Å². The molecular formula is C12H22N4O2. The van der Waals surface area contributed by atoms with Gasteiger partial charge in [-0.2, -0.15) is 5.10 Å². The van der Waals surface area contributed by atoms with Gasteiger partial charge in [-0.3, -0.25) is 9.48 Å². The number of nitrogens with zero attached hydrogens (tertiary/aromatic N) is 3. The fraction of sp³-hybridized carbons (Fsp3) is 0.667. The van der Waals surface area contributed by atoms with Gasteiger partial charge in [-0.05, 0) is 20.8 Å². The highest BCUT2D eigenvalue weighted by molar-refractivity contribution is 5.83. The van der Waals surface area contributed by atoms with Gasteiger partial charge in [0.1, 0.15) is 6.04 Å². The Bertz CT molecular complexity index is 408. The molecule has 1 aromatic rings. The minimum Gasteiger partial charge on any atom is -0.389 e. The molecule has 0 aromatic carbocycles. The Labute approximate surface area is 107 Å². The first-order valence-electron chi connectivity index (χ1n) is 6.00. The summed E-state index contributed by atoms with van der Waals surface area (Å²) < 4.78 is 1.61. The average molecular weight is 254 g/mol. The zero-order valence-electron chi connectivity index (χ0n) is 11.4. The highest BCUT2D eigenvalue weighted by Gasteiger charge is 2.26. The lowest BCUT2D eigenvalue weighted by atomic mass is 10.1. The first kappa shape index (κ1) is 14.7. The van der Waals surface area contributed by atoms with Gasteiger partial charge in [0.25, 0.3) is 0 Å². The van der Waals surface area contributed by atoms with Gasteiger partial charge >= 0.3 is 0 Å². The highest BCUT2D eigenvalue weighted by Crippen LogP contribution is 2.14. The average Bonchev–Trinajstić information content (AvgIpc) is 2.69. The topological polar surface area (TPSA) is 84.4 Å². The molecule has 0 aliphatic carbocycles. The lowest BCUT2D eigenvalue weighted by Gasteiger charge is -2.29. The summed E-state index contributed by atoms with van der Waals surface area (Å²) in [6, 6.07) is -0.735. The molecule has 6 heteroatoms. The number of aliphatic hydroxyl groups is 1. The first-order valence-corrected chi connectivity index (χ1v) is 6.00. The second kappa shape index (κ2) is 5.49. The zero-order valence-corrected chi connectivity index (χ0v) is 11.4. The third-order valence-corrected chi connectivity index (χ3v) is 2.62. The lowest BCUT2D eigenvalue weighted by molar-refractivity contribution is -0.135. The second-order valence-corrected chi connectivity index (χ2v) is 5.09. The Kier molecular flexibility index (Phi) is 4.48. The van der Waals surface area contributed by atoms with Crippen molar-refractivity contribution in [2.75, 3.05) is 13.1 Å². The van der Waals surface area contributed by atoms with Crippen LogP contribution >= 0.6 is 0 Å². The standard InChI is InChI=1S/C12H22N4O2/c1-5-16(8-12(2,3)18)11(17)10(13)9-6-14-15(4)7-9/h6-7,10,18H,5,8,13H2,1-4H3. The maximum atomic E-state index is 12.2. The number of aromatic nitrogens is 2. The zero-order chi connectivity index (χ0) is 13.9. The maximum Gasteiger partial charge on any atom is 0.244 e. The fourth-order valence-electron chi connectivity index (χ4n) is 1.75. The van der Waals surface area contributed by atoms with Crippen molar-refractivity contribution in [3.63, 3.8) is 0 Å². The molecule has 1 amide bonds. The molecule has 6 nitrogen and oxygen atoms in total. The summed E-state index contributed by atoms with van der Waals surface area (Å²) in [5.74, 6) is -0.201. The molecule has 1 aromatic heterocycles. The summed E-state index contributed by atoms with van der Waals surface area (Å²) in [5.41, 5.74) is 5.67. The predicted octanol–water partition coefficient (Wildman–Crippen LogP) is 0.0393. The quantitative estimate of drug-likeness (QED) is 0.777. The number of nitrogens with two attached hydrogens (primary N) is 1. The summed E-state index contributed by atoms with van der Waals surface area (Å²) in [6.45, 7) is 5.96. The summed E-state index contributed by atoms with van der Waals surface area (Å²) >= 11 is 0. The van der Waals surface area contributed by atoms with E-state index in [2.05, 4.69) is 5.10 Å². The number of carbonyl (C=O) groups is 1. The molecule has 18 heavy (non-hydrogen) atoms. The van der Waals surface area contributed by atoms with Crippen LogP contribution in [0.3, 0.4) is 0 Å². The van der Waals surface area contributed by atoms with E-state index in [-0.39, 0.29) is 12.5 Å². The first-order chi connectivity index (χ1) is 8.24. The molecule has 0 aliphatic rings. The van der Waals surface area contributed by atoms with Crippen molar-refractivity contribution in [1.29, 1.82) is 0 Å². The van der Waals surface area contributed by atoms with Gasteiger partial charge in [-0.25, -0.2) is 0 Å². The van der Waals surface area contributed by atoms with E-state index in [0.717, 1.165) is 0 Å². The minimum atomic E-state index is -0.930. The van der Waals surface area contributed by atoms with Crippen molar-refractivity contribution in [3.8, 4) is 0 Å². The molecule has 1 rings (SSSR count). The van der Waals surface area contributed by atoms with Crippen molar-refractivity contribution in [1.82, 2.24) is 14.7 Å². The number of amides is 1. The summed E-state index contributed by atoms with van der Waals surface area (Å²) in [5, 5.41) is 13.8.